The third kappa shape index (κ3) is 3.20. The summed E-state index contributed by atoms with van der Waals surface area (Å²) in [5, 5.41) is 8.07. The minimum absolute atomic E-state index is 0.0853. The van der Waals surface area contributed by atoms with Gasteiger partial charge in [-0.3, -0.25) is 0 Å². The summed E-state index contributed by atoms with van der Waals surface area (Å²) in [4.78, 5) is 4.39. The summed E-state index contributed by atoms with van der Waals surface area (Å²) in [5.41, 5.74) is 0.760. The first-order valence-electron chi connectivity index (χ1n) is 7.75. The Bertz CT molecular complexity index is 633. The molecular weight excluding hydrogens is 276 g/mol. The lowest BCUT2D eigenvalue weighted by atomic mass is 9.94. The van der Waals surface area contributed by atoms with Crippen LogP contribution >= 0.6 is 0 Å². The molecule has 5 nitrogen and oxygen atoms in total. The van der Waals surface area contributed by atoms with Crippen molar-refractivity contribution in [3.05, 3.63) is 42.5 Å². The van der Waals surface area contributed by atoms with E-state index in [1.807, 2.05) is 30.3 Å². The Morgan fingerprint density at radius 1 is 1.23 bits per heavy atom. The van der Waals surface area contributed by atoms with E-state index in [1.54, 1.807) is 11.0 Å². The van der Waals surface area contributed by atoms with Gasteiger partial charge in [0.15, 0.2) is 5.82 Å². The van der Waals surface area contributed by atoms with E-state index in [0.717, 1.165) is 17.9 Å². The van der Waals surface area contributed by atoms with Crippen molar-refractivity contribution in [1.82, 2.24) is 20.1 Å². The Morgan fingerprint density at radius 3 is 2.59 bits per heavy atom. The Kier molecular flexibility index (Phi) is 3.78. The van der Waals surface area contributed by atoms with E-state index in [1.165, 1.54) is 0 Å². The van der Waals surface area contributed by atoms with Crippen LogP contribution in [0.5, 0.6) is 0 Å². The SMILES string of the molecule is CC1(C)C[C@H](NCc2ncn(-c3ccccc3)n2)C(C)(C)O1. The molecule has 1 atom stereocenters. The Balaban J connectivity index is 1.64. The van der Waals surface area contributed by atoms with Gasteiger partial charge in [-0.1, -0.05) is 18.2 Å². The molecule has 2 aromatic rings. The molecular formula is C17H24N4O. The van der Waals surface area contributed by atoms with E-state index in [-0.39, 0.29) is 11.2 Å². The number of nitrogens with zero attached hydrogens (tertiary/aromatic N) is 3. The monoisotopic (exact) mass is 300 g/mol. The van der Waals surface area contributed by atoms with Crippen LogP contribution in [0.15, 0.2) is 36.7 Å². The van der Waals surface area contributed by atoms with Crippen molar-refractivity contribution in [1.29, 1.82) is 0 Å². The first-order chi connectivity index (χ1) is 10.4. The molecule has 0 amide bonds. The van der Waals surface area contributed by atoms with Gasteiger partial charge < -0.3 is 10.1 Å². The zero-order valence-electron chi connectivity index (χ0n) is 13.7. The summed E-state index contributed by atoms with van der Waals surface area (Å²) >= 11 is 0. The maximum Gasteiger partial charge on any atom is 0.164 e. The zero-order chi connectivity index (χ0) is 15.8. The molecule has 5 heteroatoms. The van der Waals surface area contributed by atoms with Crippen LogP contribution in [-0.2, 0) is 11.3 Å². The van der Waals surface area contributed by atoms with E-state index >= 15 is 0 Å². The topological polar surface area (TPSA) is 52.0 Å². The van der Waals surface area contributed by atoms with Crippen LogP contribution in [0.1, 0.15) is 39.9 Å². The molecule has 2 heterocycles. The third-order valence-corrected chi connectivity index (χ3v) is 4.14. The van der Waals surface area contributed by atoms with Crippen molar-refractivity contribution in [2.75, 3.05) is 0 Å². The van der Waals surface area contributed by atoms with E-state index < -0.39 is 0 Å². The fourth-order valence-corrected chi connectivity index (χ4v) is 3.18. The average Bonchev–Trinajstić information content (AvgIpc) is 2.99. The van der Waals surface area contributed by atoms with Gasteiger partial charge in [0.05, 0.1) is 23.4 Å². The second kappa shape index (κ2) is 5.48. The molecule has 1 aromatic heterocycles. The number of ether oxygens (including phenoxy) is 1. The normalized spacial score (nSPS) is 22.8. The molecule has 0 aliphatic carbocycles. The largest absolute Gasteiger partial charge is 0.368 e. The lowest BCUT2D eigenvalue weighted by Crippen LogP contribution is -2.43. The van der Waals surface area contributed by atoms with E-state index in [4.69, 9.17) is 4.74 Å². The molecule has 0 saturated carbocycles. The summed E-state index contributed by atoms with van der Waals surface area (Å²) in [5.74, 6) is 0.796. The van der Waals surface area contributed by atoms with Gasteiger partial charge in [0.25, 0.3) is 0 Å². The lowest BCUT2D eigenvalue weighted by molar-refractivity contribution is -0.0699. The van der Waals surface area contributed by atoms with Gasteiger partial charge in [0, 0.05) is 6.04 Å². The Hall–Kier alpha value is -1.72. The number of hydrogen-bond donors (Lipinski definition) is 1. The number of hydrogen-bond acceptors (Lipinski definition) is 4. The standard InChI is InChI=1S/C17H24N4O/c1-16(2)10-14(17(3,4)22-16)18-11-15-19-12-21(20-15)13-8-6-5-7-9-13/h5-9,12,14,18H,10-11H2,1-4H3/t14-/m0/s1. The first-order valence-corrected chi connectivity index (χ1v) is 7.75. The number of aromatic nitrogens is 3. The summed E-state index contributed by atoms with van der Waals surface area (Å²) < 4.78 is 7.91. The smallest absolute Gasteiger partial charge is 0.164 e. The molecule has 1 aromatic carbocycles. The summed E-state index contributed by atoms with van der Waals surface area (Å²) in [7, 11) is 0. The first kappa shape index (κ1) is 15.2. The van der Waals surface area contributed by atoms with Crippen LogP contribution in [0.2, 0.25) is 0 Å². The maximum atomic E-state index is 6.10. The summed E-state index contributed by atoms with van der Waals surface area (Å²) in [6, 6.07) is 10.3. The molecule has 0 spiro atoms. The molecule has 0 unspecified atom stereocenters. The number of para-hydroxylation sites is 1. The summed E-state index contributed by atoms with van der Waals surface area (Å²) in [6.07, 6.45) is 2.74. The van der Waals surface area contributed by atoms with Gasteiger partial charge in [-0.2, -0.15) is 0 Å². The van der Waals surface area contributed by atoms with Gasteiger partial charge in [0.2, 0.25) is 0 Å². The van der Waals surface area contributed by atoms with Gasteiger partial charge in [0.1, 0.15) is 6.33 Å². The molecule has 1 N–H and O–H groups in total. The van der Waals surface area contributed by atoms with Crippen LogP contribution in [-0.4, -0.2) is 32.0 Å². The van der Waals surface area contributed by atoms with Crippen molar-refractivity contribution in [3.8, 4) is 5.69 Å². The van der Waals surface area contributed by atoms with Crippen LogP contribution < -0.4 is 5.32 Å². The molecule has 118 valence electrons. The lowest BCUT2D eigenvalue weighted by Gasteiger charge is -2.27. The van der Waals surface area contributed by atoms with E-state index in [2.05, 4.69) is 43.1 Å². The van der Waals surface area contributed by atoms with Crippen molar-refractivity contribution >= 4 is 0 Å². The molecule has 22 heavy (non-hydrogen) atoms. The average molecular weight is 300 g/mol. The fourth-order valence-electron chi connectivity index (χ4n) is 3.18. The molecule has 3 rings (SSSR count). The second-order valence-electron chi connectivity index (χ2n) is 7.04. The van der Waals surface area contributed by atoms with Gasteiger partial charge in [-0.25, -0.2) is 9.67 Å². The highest BCUT2D eigenvalue weighted by molar-refractivity contribution is 5.29. The predicted octanol–water partition coefficient (Wildman–Crippen LogP) is 2.70. The van der Waals surface area contributed by atoms with Crippen LogP contribution in [0.25, 0.3) is 5.69 Å². The maximum absolute atomic E-state index is 6.10. The highest BCUT2D eigenvalue weighted by atomic mass is 16.5. The van der Waals surface area contributed by atoms with Crippen molar-refractivity contribution in [2.45, 2.75) is 57.9 Å². The predicted molar refractivity (Wildman–Crippen MR) is 85.8 cm³/mol. The van der Waals surface area contributed by atoms with Crippen molar-refractivity contribution in [3.63, 3.8) is 0 Å². The van der Waals surface area contributed by atoms with Crippen LogP contribution in [0.3, 0.4) is 0 Å². The van der Waals surface area contributed by atoms with Gasteiger partial charge in [-0.05, 0) is 46.2 Å². The molecule has 1 aliphatic heterocycles. The summed E-state index contributed by atoms with van der Waals surface area (Å²) in [6.45, 7) is 9.19. The molecule has 0 radical (unpaired) electrons. The number of rotatable bonds is 4. The second-order valence-corrected chi connectivity index (χ2v) is 7.04. The molecule has 1 aliphatic rings. The Morgan fingerprint density at radius 2 is 1.95 bits per heavy atom. The van der Waals surface area contributed by atoms with Crippen LogP contribution in [0.4, 0.5) is 0 Å². The Labute approximate surface area is 131 Å². The minimum atomic E-state index is -0.175. The third-order valence-electron chi connectivity index (χ3n) is 4.14. The number of benzene rings is 1. The van der Waals surface area contributed by atoms with Gasteiger partial charge in [-0.15, -0.1) is 5.10 Å². The highest BCUT2D eigenvalue weighted by Crippen LogP contribution is 2.37. The van der Waals surface area contributed by atoms with Gasteiger partial charge >= 0.3 is 0 Å². The minimum Gasteiger partial charge on any atom is -0.368 e. The number of nitrogens with one attached hydrogen (secondary N) is 1. The van der Waals surface area contributed by atoms with Crippen molar-refractivity contribution in [2.24, 2.45) is 0 Å². The quantitative estimate of drug-likeness (QED) is 0.943. The molecule has 1 saturated heterocycles. The van der Waals surface area contributed by atoms with E-state index in [9.17, 15) is 0 Å². The fraction of sp³-hybridized carbons (Fsp3) is 0.529. The zero-order valence-corrected chi connectivity index (χ0v) is 13.7. The highest BCUT2D eigenvalue weighted by Gasteiger charge is 2.45. The van der Waals surface area contributed by atoms with E-state index in [0.29, 0.717) is 12.6 Å². The molecule has 0 bridgehead atoms. The molecule has 1 fully saturated rings. The van der Waals surface area contributed by atoms with Crippen molar-refractivity contribution < 1.29 is 4.74 Å². The van der Waals surface area contributed by atoms with Crippen LogP contribution in [0, 0.1) is 0 Å².